The molecule has 3 heterocycles. The Morgan fingerprint density at radius 2 is 2.03 bits per heavy atom. The molecule has 1 aromatic carbocycles. The zero-order chi connectivity index (χ0) is 20.4. The summed E-state index contributed by atoms with van der Waals surface area (Å²) in [5, 5.41) is 5.83. The van der Waals surface area contributed by atoms with E-state index in [9.17, 15) is 9.59 Å². The van der Waals surface area contributed by atoms with Crippen LogP contribution in [0, 0.1) is 0 Å². The molecule has 4 aromatic rings. The molecule has 0 atom stereocenters. The highest BCUT2D eigenvalue weighted by Gasteiger charge is 2.12. The van der Waals surface area contributed by atoms with Gasteiger partial charge in [0.2, 0.25) is 5.91 Å². The van der Waals surface area contributed by atoms with Gasteiger partial charge in [0.15, 0.2) is 5.16 Å². The van der Waals surface area contributed by atoms with Crippen molar-refractivity contribution < 1.29 is 9.21 Å². The van der Waals surface area contributed by atoms with Crippen molar-refractivity contribution in [2.45, 2.75) is 11.7 Å². The fourth-order valence-corrected chi connectivity index (χ4v) is 4.44. The maximum atomic E-state index is 12.3. The fourth-order valence-electron chi connectivity index (χ4n) is 2.71. The molecule has 148 valence electrons. The number of benzene rings is 1. The summed E-state index contributed by atoms with van der Waals surface area (Å²) in [6.07, 6.45) is 0. The molecule has 0 saturated heterocycles. The lowest BCUT2D eigenvalue weighted by Crippen LogP contribution is -2.25. The second-order valence-electron chi connectivity index (χ2n) is 6.23. The van der Waals surface area contributed by atoms with Gasteiger partial charge in [0, 0.05) is 17.6 Å². The van der Waals surface area contributed by atoms with Crippen LogP contribution < -0.4 is 10.9 Å². The van der Waals surface area contributed by atoms with Gasteiger partial charge in [0.1, 0.15) is 16.2 Å². The first-order valence-electron chi connectivity index (χ1n) is 8.69. The highest BCUT2D eigenvalue weighted by atomic mass is 35.5. The first-order valence-corrected chi connectivity index (χ1v) is 10.9. The van der Waals surface area contributed by atoms with Gasteiger partial charge in [-0.05, 0) is 47.8 Å². The first kappa shape index (κ1) is 19.8. The Morgan fingerprint density at radius 1 is 1.24 bits per heavy atom. The lowest BCUT2D eigenvalue weighted by molar-refractivity contribution is -0.118. The number of hydrogen-bond donors (Lipinski definition) is 1. The zero-order valence-electron chi connectivity index (χ0n) is 15.3. The third kappa shape index (κ3) is 4.39. The number of carbonyl (C=O) groups is 1. The Hall–Kier alpha value is -2.55. The second-order valence-corrected chi connectivity index (χ2v) is 8.53. The van der Waals surface area contributed by atoms with E-state index in [1.807, 2.05) is 29.6 Å². The van der Waals surface area contributed by atoms with Crippen LogP contribution in [0.5, 0.6) is 0 Å². The van der Waals surface area contributed by atoms with E-state index in [0.717, 1.165) is 5.56 Å². The Morgan fingerprint density at radius 3 is 2.83 bits per heavy atom. The number of thioether (sulfide) groups is 1. The molecule has 3 aromatic heterocycles. The van der Waals surface area contributed by atoms with Crippen LogP contribution >= 0.6 is 34.7 Å². The average Bonchev–Trinajstić information content (AvgIpc) is 3.38. The molecular weight excluding hydrogens is 430 g/mol. The highest BCUT2D eigenvalue weighted by molar-refractivity contribution is 7.99. The van der Waals surface area contributed by atoms with Gasteiger partial charge >= 0.3 is 0 Å². The number of fused-ring (bicyclic) bond motifs is 1. The first-order chi connectivity index (χ1) is 14.0. The molecule has 0 bridgehead atoms. The highest BCUT2D eigenvalue weighted by Crippen LogP contribution is 2.24. The fraction of sp³-hybridized carbons (Fsp3) is 0.150. The molecule has 0 unspecified atom stereocenters. The number of halogens is 1. The summed E-state index contributed by atoms with van der Waals surface area (Å²) >= 11 is 8.50. The molecule has 6 nitrogen and oxygen atoms in total. The summed E-state index contributed by atoms with van der Waals surface area (Å²) in [7, 11) is 1.66. The van der Waals surface area contributed by atoms with Crippen molar-refractivity contribution in [2.75, 3.05) is 5.75 Å². The van der Waals surface area contributed by atoms with E-state index in [1.54, 1.807) is 25.2 Å². The molecule has 0 aliphatic carbocycles. The Bertz CT molecular complexity index is 1230. The number of carbonyl (C=O) groups excluding carboxylic acids is 1. The Labute approximate surface area is 179 Å². The van der Waals surface area contributed by atoms with Crippen molar-refractivity contribution in [3.8, 4) is 11.3 Å². The van der Waals surface area contributed by atoms with Crippen LogP contribution in [0.25, 0.3) is 21.5 Å². The van der Waals surface area contributed by atoms with Crippen LogP contribution in [-0.4, -0.2) is 21.2 Å². The van der Waals surface area contributed by atoms with Gasteiger partial charge in [-0.25, -0.2) is 4.98 Å². The summed E-state index contributed by atoms with van der Waals surface area (Å²) in [6, 6.07) is 12.8. The molecule has 1 N–H and O–H groups in total. The molecule has 0 aliphatic heterocycles. The van der Waals surface area contributed by atoms with Gasteiger partial charge in [-0.2, -0.15) is 0 Å². The molecule has 1 amide bonds. The summed E-state index contributed by atoms with van der Waals surface area (Å²) in [5.41, 5.74) is 1.47. The molecule has 0 saturated carbocycles. The van der Waals surface area contributed by atoms with E-state index in [1.165, 1.54) is 27.7 Å². The Balaban J connectivity index is 1.34. The third-order valence-corrected chi connectivity index (χ3v) is 6.40. The number of nitrogens with one attached hydrogen (secondary N) is 1. The van der Waals surface area contributed by atoms with Crippen molar-refractivity contribution >= 4 is 50.8 Å². The van der Waals surface area contributed by atoms with Crippen LogP contribution in [0.4, 0.5) is 0 Å². The standard InChI is InChI=1S/C20H16ClN3O3S2/c1-24-19(26)18-15(8-9-28-18)23-20(24)29-11-17(25)22-10-14-6-7-16(27-14)12-2-4-13(21)5-3-12/h2-9H,10-11H2,1H3,(H,22,25). The maximum Gasteiger partial charge on any atom is 0.271 e. The van der Waals surface area contributed by atoms with Crippen molar-refractivity contribution in [3.05, 3.63) is 69.0 Å². The topological polar surface area (TPSA) is 77.1 Å². The van der Waals surface area contributed by atoms with Crippen LogP contribution in [0.2, 0.25) is 5.02 Å². The molecule has 0 aliphatic rings. The van der Waals surface area contributed by atoms with E-state index in [2.05, 4.69) is 10.3 Å². The van der Waals surface area contributed by atoms with Crippen molar-refractivity contribution in [3.63, 3.8) is 0 Å². The number of thiophene rings is 1. The molecule has 0 spiro atoms. The number of furan rings is 1. The quantitative estimate of drug-likeness (QED) is 0.353. The number of nitrogens with zero attached hydrogens (tertiary/aromatic N) is 2. The normalized spacial score (nSPS) is 11.1. The SMILES string of the molecule is Cn1c(SCC(=O)NCc2ccc(-c3ccc(Cl)cc3)o2)nc2ccsc2c1=O. The lowest BCUT2D eigenvalue weighted by atomic mass is 10.2. The van der Waals surface area contributed by atoms with E-state index >= 15 is 0 Å². The Kier molecular flexibility index (Phi) is 5.75. The van der Waals surface area contributed by atoms with Crippen LogP contribution in [-0.2, 0) is 18.4 Å². The van der Waals surface area contributed by atoms with Crippen molar-refractivity contribution in [2.24, 2.45) is 7.05 Å². The van der Waals surface area contributed by atoms with Gasteiger partial charge in [0.05, 0.1) is 17.8 Å². The number of aromatic nitrogens is 2. The van der Waals surface area contributed by atoms with E-state index in [-0.39, 0.29) is 23.8 Å². The number of hydrogen-bond acceptors (Lipinski definition) is 6. The van der Waals surface area contributed by atoms with Crippen molar-refractivity contribution in [1.82, 2.24) is 14.9 Å². The maximum absolute atomic E-state index is 12.3. The van der Waals surface area contributed by atoms with E-state index in [0.29, 0.717) is 31.9 Å². The molecule has 0 radical (unpaired) electrons. The number of amides is 1. The van der Waals surface area contributed by atoms with E-state index < -0.39 is 0 Å². The average molecular weight is 446 g/mol. The molecular formula is C20H16ClN3O3S2. The monoisotopic (exact) mass is 445 g/mol. The predicted octanol–water partition coefficient (Wildman–Crippen LogP) is 4.32. The van der Waals surface area contributed by atoms with Gasteiger partial charge < -0.3 is 9.73 Å². The summed E-state index contributed by atoms with van der Waals surface area (Å²) < 4.78 is 7.87. The van der Waals surface area contributed by atoms with Crippen LogP contribution in [0.3, 0.4) is 0 Å². The minimum atomic E-state index is -0.167. The molecule has 29 heavy (non-hydrogen) atoms. The second kappa shape index (κ2) is 8.44. The van der Waals surface area contributed by atoms with Gasteiger partial charge in [-0.15, -0.1) is 11.3 Å². The molecule has 4 rings (SSSR count). The van der Waals surface area contributed by atoms with Gasteiger partial charge in [0.25, 0.3) is 5.56 Å². The minimum Gasteiger partial charge on any atom is -0.459 e. The van der Waals surface area contributed by atoms with Crippen LogP contribution in [0.15, 0.2) is 62.2 Å². The lowest BCUT2D eigenvalue weighted by Gasteiger charge is -2.07. The van der Waals surface area contributed by atoms with Gasteiger partial charge in [-0.1, -0.05) is 23.4 Å². The van der Waals surface area contributed by atoms with Gasteiger partial charge in [-0.3, -0.25) is 14.2 Å². The van der Waals surface area contributed by atoms with Crippen LogP contribution in [0.1, 0.15) is 5.76 Å². The van der Waals surface area contributed by atoms with Crippen molar-refractivity contribution in [1.29, 1.82) is 0 Å². The summed E-state index contributed by atoms with van der Waals surface area (Å²) in [6.45, 7) is 0.281. The molecule has 9 heteroatoms. The number of rotatable bonds is 6. The summed E-state index contributed by atoms with van der Waals surface area (Å²) in [4.78, 5) is 29.0. The summed E-state index contributed by atoms with van der Waals surface area (Å²) in [5.74, 6) is 1.35. The third-order valence-electron chi connectivity index (χ3n) is 4.23. The smallest absolute Gasteiger partial charge is 0.271 e. The zero-order valence-corrected chi connectivity index (χ0v) is 17.7. The predicted molar refractivity (Wildman–Crippen MR) is 117 cm³/mol. The molecule has 0 fully saturated rings. The van der Waals surface area contributed by atoms with E-state index in [4.69, 9.17) is 16.0 Å². The largest absolute Gasteiger partial charge is 0.459 e. The minimum absolute atomic E-state index is 0.0989.